The molecule has 2 atom stereocenters. The molecule has 1 aromatic carbocycles. The highest BCUT2D eigenvalue weighted by atomic mass is 16.5. The van der Waals surface area contributed by atoms with Crippen LogP contribution in [0.3, 0.4) is 0 Å². The van der Waals surface area contributed by atoms with Crippen LogP contribution in [0.15, 0.2) is 48.1 Å². The zero-order valence-electron chi connectivity index (χ0n) is 11.5. The van der Waals surface area contributed by atoms with Crippen molar-refractivity contribution in [1.29, 1.82) is 0 Å². The van der Waals surface area contributed by atoms with E-state index in [0.717, 1.165) is 0 Å². The summed E-state index contributed by atoms with van der Waals surface area (Å²) in [6, 6.07) is 6.45. The maximum absolute atomic E-state index is 12.5. The molecule has 0 saturated heterocycles. The van der Waals surface area contributed by atoms with Crippen LogP contribution in [-0.2, 0) is 9.59 Å². The van der Waals surface area contributed by atoms with Gasteiger partial charge in [0.1, 0.15) is 11.7 Å². The highest BCUT2D eigenvalue weighted by molar-refractivity contribution is 6.34. The van der Waals surface area contributed by atoms with Crippen molar-refractivity contribution in [3.05, 3.63) is 53.6 Å². The van der Waals surface area contributed by atoms with E-state index in [0.29, 0.717) is 23.3 Å². The first-order chi connectivity index (χ1) is 10.1. The lowest BCUT2D eigenvalue weighted by atomic mass is 9.92. The summed E-state index contributed by atoms with van der Waals surface area (Å²) < 4.78 is 5.03. The summed E-state index contributed by atoms with van der Waals surface area (Å²) in [6.07, 6.45) is 5.76. The van der Waals surface area contributed by atoms with Gasteiger partial charge in [-0.25, -0.2) is 0 Å². The minimum Gasteiger partial charge on any atom is -0.497 e. The third-order valence-electron chi connectivity index (χ3n) is 3.97. The average molecular weight is 282 g/mol. The van der Waals surface area contributed by atoms with E-state index in [2.05, 4.69) is 0 Å². The van der Waals surface area contributed by atoms with E-state index in [1.54, 1.807) is 36.4 Å². The van der Waals surface area contributed by atoms with Crippen LogP contribution in [0.4, 0.5) is 0 Å². The van der Waals surface area contributed by atoms with Gasteiger partial charge >= 0.3 is 0 Å². The third kappa shape index (κ3) is 2.13. The molecule has 21 heavy (non-hydrogen) atoms. The van der Waals surface area contributed by atoms with E-state index >= 15 is 0 Å². The lowest BCUT2D eigenvalue weighted by molar-refractivity contribution is -0.125. The predicted octanol–water partition coefficient (Wildman–Crippen LogP) is 2.15. The predicted molar refractivity (Wildman–Crippen MR) is 76.2 cm³/mol. The van der Waals surface area contributed by atoms with Gasteiger partial charge in [-0.15, -0.1) is 0 Å². The van der Waals surface area contributed by atoms with Crippen LogP contribution in [0.5, 0.6) is 5.75 Å². The molecule has 1 saturated carbocycles. The average Bonchev–Trinajstić information content (AvgIpc) is 2.79. The zero-order chi connectivity index (χ0) is 15.0. The first-order valence-electron chi connectivity index (χ1n) is 6.76. The number of ketones is 3. The molecule has 106 valence electrons. The largest absolute Gasteiger partial charge is 0.497 e. The van der Waals surface area contributed by atoms with Gasteiger partial charge < -0.3 is 4.74 Å². The van der Waals surface area contributed by atoms with Crippen molar-refractivity contribution >= 4 is 17.3 Å². The molecule has 2 unspecified atom stereocenters. The maximum Gasteiger partial charge on any atom is 0.181 e. The van der Waals surface area contributed by atoms with Gasteiger partial charge in [0.25, 0.3) is 0 Å². The summed E-state index contributed by atoms with van der Waals surface area (Å²) >= 11 is 0. The molecular formula is C17H14O4. The van der Waals surface area contributed by atoms with Gasteiger partial charge in [-0.3, -0.25) is 14.4 Å². The fraction of sp³-hybridized carbons (Fsp3) is 0.235. The first-order valence-corrected chi connectivity index (χ1v) is 6.76. The third-order valence-corrected chi connectivity index (χ3v) is 3.97. The molecule has 2 aliphatic rings. The molecular weight excluding hydrogens is 268 g/mol. The number of carbonyl (C=O) groups is 3. The number of fused-ring (bicyclic) bond motifs is 1. The Balaban J connectivity index is 1.91. The summed E-state index contributed by atoms with van der Waals surface area (Å²) in [5.41, 5.74) is 0.823. The van der Waals surface area contributed by atoms with Crippen molar-refractivity contribution in [2.45, 2.75) is 6.42 Å². The molecule has 4 heteroatoms. The van der Waals surface area contributed by atoms with Crippen molar-refractivity contribution in [2.24, 2.45) is 11.8 Å². The van der Waals surface area contributed by atoms with E-state index in [1.165, 1.54) is 7.11 Å². The molecule has 0 bridgehead atoms. The van der Waals surface area contributed by atoms with Crippen molar-refractivity contribution in [3.8, 4) is 5.75 Å². The molecule has 0 aliphatic heterocycles. The molecule has 0 N–H and O–H groups in total. The second-order valence-electron chi connectivity index (χ2n) is 5.13. The minimum atomic E-state index is -1.19. The normalized spacial score (nSPS) is 23.8. The lowest BCUT2D eigenvalue weighted by Gasteiger charge is -2.09. The molecule has 0 heterocycles. The number of rotatable bonds is 3. The molecule has 0 aromatic heterocycles. The minimum absolute atomic E-state index is 0.281. The molecule has 0 radical (unpaired) electrons. The Hall–Kier alpha value is -2.49. The molecule has 2 aliphatic carbocycles. The highest BCUT2D eigenvalue weighted by Crippen LogP contribution is 2.36. The number of methoxy groups -OCH3 is 1. The van der Waals surface area contributed by atoms with Crippen molar-refractivity contribution in [1.82, 2.24) is 0 Å². The quantitative estimate of drug-likeness (QED) is 0.629. The summed E-state index contributed by atoms with van der Waals surface area (Å²) in [5.74, 6) is -2.07. The molecule has 0 amide bonds. The van der Waals surface area contributed by atoms with E-state index in [9.17, 15) is 14.4 Å². The van der Waals surface area contributed by atoms with Crippen LogP contribution < -0.4 is 4.74 Å². The molecule has 3 rings (SSSR count). The van der Waals surface area contributed by atoms with Crippen LogP contribution in [0, 0.1) is 11.8 Å². The second-order valence-corrected chi connectivity index (χ2v) is 5.13. The first kappa shape index (κ1) is 13.5. The Kier molecular flexibility index (Phi) is 3.29. The monoisotopic (exact) mass is 282 g/mol. The second kappa shape index (κ2) is 5.13. The van der Waals surface area contributed by atoms with E-state index in [1.807, 2.05) is 6.08 Å². The summed E-state index contributed by atoms with van der Waals surface area (Å²) in [5, 5.41) is 0. The van der Waals surface area contributed by atoms with Gasteiger partial charge in [0.15, 0.2) is 17.3 Å². The summed E-state index contributed by atoms with van der Waals surface area (Å²) in [4.78, 5) is 37.1. The molecule has 4 nitrogen and oxygen atoms in total. The van der Waals surface area contributed by atoms with Crippen LogP contribution in [-0.4, -0.2) is 24.5 Å². The van der Waals surface area contributed by atoms with Crippen LogP contribution in [0.25, 0.3) is 0 Å². The SMILES string of the molecule is COc1ccc(C(=O)C2C(=O)C3=CC=CCC3C2=O)cc1. The van der Waals surface area contributed by atoms with Gasteiger partial charge in [0, 0.05) is 11.1 Å². The Labute approximate surface area is 122 Å². The van der Waals surface area contributed by atoms with E-state index < -0.39 is 17.6 Å². The smallest absolute Gasteiger partial charge is 0.181 e. The standard InChI is InChI=1S/C17H14O4/c1-21-11-8-6-10(7-9-11)15(18)14-16(19)12-4-2-3-5-13(12)17(14)20/h2-4,6-9,13-14H,5H2,1H3. The summed E-state index contributed by atoms with van der Waals surface area (Å²) in [6.45, 7) is 0. The van der Waals surface area contributed by atoms with Gasteiger partial charge in [-0.1, -0.05) is 18.2 Å². The van der Waals surface area contributed by atoms with Crippen LogP contribution in [0.1, 0.15) is 16.8 Å². The van der Waals surface area contributed by atoms with Crippen molar-refractivity contribution in [3.63, 3.8) is 0 Å². The number of hydrogen-bond acceptors (Lipinski definition) is 4. The van der Waals surface area contributed by atoms with Gasteiger partial charge in [0.2, 0.25) is 0 Å². The molecule has 1 aromatic rings. The Morgan fingerprint density at radius 2 is 1.90 bits per heavy atom. The fourth-order valence-corrected chi connectivity index (χ4v) is 2.82. The number of benzene rings is 1. The van der Waals surface area contributed by atoms with E-state index in [-0.39, 0.29) is 11.6 Å². The van der Waals surface area contributed by atoms with Crippen molar-refractivity contribution < 1.29 is 19.1 Å². The summed E-state index contributed by atoms with van der Waals surface area (Å²) in [7, 11) is 1.53. The topological polar surface area (TPSA) is 60.4 Å². The zero-order valence-corrected chi connectivity index (χ0v) is 11.5. The van der Waals surface area contributed by atoms with E-state index in [4.69, 9.17) is 4.74 Å². The number of allylic oxidation sites excluding steroid dienone is 4. The number of hydrogen-bond donors (Lipinski definition) is 0. The maximum atomic E-state index is 12.5. The Morgan fingerprint density at radius 1 is 1.19 bits per heavy atom. The number of Topliss-reactive ketones (excluding diaryl/α,β-unsaturated/α-hetero) is 3. The number of carbonyl (C=O) groups excluding carboxylic acids is 3. The van der Waals surface area contributed by atoms with Gasteiger partial charge in [-0.2, -0.15) is 0 Å². The molecule has 1 fully saturated rings. The highest BCUT2D eigenvalue weighted by Gasteiger charge is 2.48. The van der Waals surface area contributed by atoms with Crippen LogP contribution >= 0.6 is 0 Å². The van der Waals surface area contributed by atoms with Gasteiger partial charge in [0.05, 0.1) is 13.0 Å². The Morgan fingerprint density at radius 3 is 2.52 bits per heavy atom. The van der Waals surface area contributed by atoms with Crippen molar-refractivity contribution in [2.75, 3.05) is 7.11 Å². The van der Waals surface area contributed by atoms with Crippen LogP contribution in [0.2, 0.25) is 0 Å². The van der Waals surface area contributed by atoms with Gasteiger partial charge in [-0.05, 0) is 30.7 Å². The lowest BCUT2D eigenvalue weighted by Crippen LogP contribution is -2.26. The molecule has 0 spiro atoms. The Bertz CT molecular complexity index is 679. The number of ether oxygens (including phenoxy) is 1. The fourth-order valence-electron chi connectivity index (χ4n) is 2.82.